The Kier molecular flexibility index (Phi) is 4.05. The normalized spacial score (nSPS) is 30.3. The lowest BCUT2D eigenvalue weighted by Crippen LogP contribution is -2.41. The molecule has 100 valence electrons. The first kappa shape index (κ1) is 12.7. The Bertz CT molecular complexity index is 355. The van der Waals surface area contributed by atoms with E-state index in [9.17, 15) is 0 Å². The van der Waals surface area contributed by atoms with E-state index in [1.807, 2.05) is 11.3 Å². The van der Waals surface area contributed by atoms with Crippen molar-refractivity contribution in [1.29, 1.82) is 0 Å². The second-order valence-corrected chi connectivity index (χ2v) is 7.04. The molecule has 3 rings (SSSR count). The molecule has 0 bridgehead atoms. The van der Waals surface area contributed by atoms with Crippen LogP contribution in [0.15, 0.2) is 17.5 Å². The first-order chi connectivity index (χ1) is 8.88. The lowest BCUT2D eigenvalue weighted by atomic mass is 9.82. The molecule has 3 unspecified atom stereocenters. The molecule has 2 fully saturated rings. The maximum atomic E-state index is 4.03. The fraction of sp³-hybridized carbons (Fsp3) is 0.750. The second-order valence-electron chi connectivity index (χ2n) is 6.06. The third-order valence-corrected chi connectivity index (χ3v) is 5.73. The predicted molar refractivity (Wildman–Crippen MR) is 79.0 cm³/mol. The predicted octanol–water partition coefficient (Wildman–Crippen LogP) is 4.76. The summed E-state index contributed by atoms with van der Waals surface area (Å²) in [6, 6.07) is 5.96. The summed E-state index contributed by atoms with van der Waals surface area (Å²) >= 11 is 1.93. The second kappa shape index (κ2) is 5.75. The maximum Gasteiger partial charge on any atom is 0.0445 e. The molecule has 0 aliphatic heterocycles. The van der Waals surface area contributed by atoms with Crippen molar-refractivity contribution in [3.63, 3.8) is 0 Å². The van der Waals surface area contributed by atoms with Crippen LogP contribution in [0.25, 0.3) is 0 Å². The largest absolute Gasteiger partial charge is 0.306 e. The van der Waals surface area contributed by atoms with E-state index in [0.717, 1.165) is 17.9 Å². The third kappa shape index (κ3) is 2.80. The molecule has 1 aromatic heterocycles. The van der Waals surface area contributed by atoms with Gasteiger partial charge in [-0.1, -0.05) is 32.3 Å². The van der Waals surface area contributed by atoms with Crippen LogP contribution in [0.2, 0.25) is 0 Å². The van der Waals surface area contributed by atoms with Crippen molar-refractivity contribution < 1.29 is 0 Å². The van der Waals surface area contributed by atoms with Crippen LogP contribution in [0, 0.1) is 11.8 Å². The molecule has 2 aliphatic rings. The van der Waals surface area contributed by atoms with Gasteiger partial charge in [-0.3, -0.25) is 0 Å². The molecule has 2 saturated carbocycles. The molecule has 1 N–H and O–H groups in total. The van der Waals surface area contributed by atoms with Crippen molar-refractivity contribution in [3.8, 4) is 0 Å². The van der Waals surface area contributed by atoms with Gasteiger partial charge in [-0.15, -0.1) is 11.3 Å². The van der Waals surface area contributed by atoms with Gasteiger partial charge in [-0.05, 0) is 49.0 Å². The third-order valence-electron chi connectivity index (χ3n) is 4.77. The van der Waals surface area contributed by atoms with Crippen LogP contribution in [0.1, 0.15) is 62.8 Å². The average Bonchev–Trinajstić information content (AvgIpc) is 3.11. The number of hydrogen-bond donors (Lipinski definition) is 1. The van der Waals surface area contributed by atoms with Crippen LogP contribution in [-0.4, -0.2) is 6.04 Å². The summed E-state index contributed by atoms with van der Waals surface area (Å²) in [7, 11) is 0. The summed E-state index contributed by atoms with van der Waals surface area (Å²) < 4.78 is 0. The van der Waals surface area contributed by atoms with E-state index in [0.29, 0.717) is 6.04 Å². The van der Waals surface area contributed by atoms with Crippen LogP contribution in [0.4, 0.5) is 0 Å². The average molecular weight is 263 g/mol. The molecule has 3 atom stereocenters. The molecule has 0 spiro atoms. The fourth-order valence-electron chi connectivity index (χ4n) is 3.49. The molecule has 0 saturated heterocycles. The first-order valence-electron chi connectivity index (χ1n) is 7.68. The Balaban J connectivity index is 1.68. The fourth-order valence-corrected chi connectivity index (χ4v) is 4.37. The minimum Gasteiger partial charge on any atom is -0.306 e. The lowest BCUT2D eigenvalue weighted by Gasteiger charge is -2.34. The summed E-state index contributed by atoms with van der Waals surface area (Å²) in [5, 5.41) is 6.26. The van der Waals surface area contributed by atoms with E-state index in [1.54, 1.807) is 4.88 Å². The van der Waals surface area contributed by atoms with E-state index < -0.39 is 0 Å². The Morgan fingerprint density at radius 3 is 2.78 bits per heavy atom. The molecule has 2 heteroatoms. The van der Waals surface area contributed by atoms with Gasteiger partial charge in [0.2, 0.25) is 0 Å². The summed E-state index contributed by atoms with van der Waals surface area (Å²) in [6.07, 6.45) is 9.92. The van der Waals surface area contributed by atoms with Crippen molar-refractivity contribution >= 4 is 11.3 Å². The number of thiophene rings is 1. The Labute approximate surface area is 115 Å². The lowest BCUT2D eigenvalue weighted by molar-refractivity contribution is 0.230. The minimum absolute atomic E-state index is 0.655. The number of rotatable bonds is 5. The Hall–Kier alpha value is -0.340. The highest BCUT2D eigenvalue weighted by Crippen LogP contribution is 2.43. The van der Waals surface area contributed by atoms with E-state index in [4.69, 9.17) is 0 Å². The summed E-state index contributed by atoms with van der Waals surface area (Å²) in [5.74, 6) is 1.84. The van der Waals surface area contributed by atoms with E-state index >= 15 is 0 Å². The van der Waals surface area contributed by atoms with Crippen LogP contribution in [0.3, 0.4) is 0 Å². The molecular weight excluding hydrogens is 238 g/mol. The zero-order chi connectivity index (χ0) is 12.4. The molecule has 0 amide bonds. The zero-order valence-corrected chi connectivity index (χ0v) is 12.2. The molecule has 18 heavy (non-hydrogen) atoms. The summed E-state index contributed by atoms with van der Waals surface area (Å²) in [5.41, 5.74) is 0. The van der Waals surface area contributed by atoms with Gasteiger partial charge in [0, 0.05) is 17.0 Å². The molecule has 2 aliphatic carbocycles. The number of hydrogen-bond acceptors (Lipinski definition) is 2. The molecule has 1 aromatic rings. The van der Waals surface area contributed by atoms with Gasteiger partial charge in [0.1, 0.15) is 0 Å². The molecular formula is C16H25NS. The van der Waals surface area contributed by atoms with Crippen LogP contribution < -0.4 is 5.32 Å². The van der Waals surface area contributed by atoms with Gasteiger partial charge in [0.05, 0.1) is 0 Å². The van der Waals surface area contributed by atoms with Crippen molar-refractivity contribution in [2.45, 2.75) is 64.0 Å². The molecule has 0 radical (unpaired) electrons. The van der Waals surface area contributed by atoms with Crippen LogP contribution >= 0.6 is 11.3 Å². The van der Waals surface area contributed by atoms with Gasteiger partial charge in [0.25, 0.3) is 0 Å². The van der Waals surface area contributed by atoms with Crippen molar-refractivity contribution in [3.05, 3.63) is 22.4 Å². The Morgan fingerprint density at radius 1 is 1.28 bits per heavy atom. The standard InChI is InChI=1S/C16H25NS/c1-2-12-6-3-4-7-14(12)17-16(13-9-10-13)15-8-5-11-18-15/h5,8,11-14,16-17H,2-4,6-7,9-10H2,1H3. The highest BCUT2D eigenvalue weighted by atomic mass is 32.1. The van der Waals surface area contributed by atoms with E-state index in [2.05, 4.69) is 29.8 Å². The van der Waals surface area contributed by atoms with Gasteiger partial charge >= 0.3 is 0 Å². The van der Waals surface area contributed by atoms with Crippen LogP contribution in [-0.2, 0) is 0 Å². The first-order valence-corrected chi connectivity index (χ1v) is 8.56. The van der Waals surface area contributed by atoms with Crippen molar-refractivity contribution in [2.24, 2.45) is 11.8 Å². The summed E-state index contributed by atoms with van der Waals surface area (Å²) in [4.78, 5) is 1.57. The van der Waals surface area contributed by atoms with Gasteiger partial charge in [-0.25, -0.2) is 0 Å². The Morgan fingerprint density at radius 2 is 2.11 bits per heavy atom. The van der Waals surface area contributed by atoms with Gasteiger partial charge in [0.15, 0.2) is 0 Å². The van der Waals surface area contributed by atoms with Gasteiger partial charge < -0.3 is 5.32 Å². The van der Waals surface area contributed by atoms with Crippen LogP contribution in [0.5, 0.6) is 0 Å². The van der Waals surface area contributed by atoms with Crippen molar-refractivity contribution in [1.82, 2.24) is 5.32 Å². The van der Waals surface area contributed by atoms with E-state index in [1.165, 1.54) is 44.9 Å². The SMILES string of the molecule is CCC1CCCCC1NC(c1cccs1)C1CC1. The van der Waals surface area contributed by atoms with Gasteiger partial charge in [-0.2, -0.15) is 0 Å². The molecule has 0 aromatic carbocycles. The molecule has 1 nitrogen and oxygen atoms in total. The quantitative estimate of drug-likeness (QED) is 0.808. The highest BCUT2D eigenvalue weighted by Gasteiger charge is 2.35. The minimum atomic E-state index is 0.655. The topological polar surface area (TPSA) is 12.0 Å². The highest BCUT2D eigenvalue weighted by molar-refractivity contribution is 7.10. The monoisotopic (exact) mass is 263 g/mol. The maximum absolute atomic E-state index is 4.03. The van der Waals surface area contributed by atoms with Crippen molar-refractivity contribution in [2.75, 3.05) is 0 Å². The number of nitrogens with one attached hydrogen (secondary N) is 1. The molecule has 1 heterocycles. The summed E-state index contributed by atoms with van der Waals surface area (Å²) in [6.45, 7) is 2.36. The van der Waals surface area contributed by atoms with E-state index in [-0.39, 0.29) is 0 Å². The zero-order valence-electron chi connectivity index (χ0n) is 11.4. The smallest absolute Gasteiger partial charge is 0.0445 e.